The van der Waals surface area contributed by atoms with E-state index in [1.54, 1.807) is 30.5 Å². The summed E-state index contributed by atoms with van der Waals surface area (Å²) < 4.78 is 17.3. The summed E-state index contributed by atoms with van der Waals surface area (Å²) >= 11 is 0. The summed E-state index contributed by atoms with van der Waals surface area (Å²) in [6.07, 6.45) is 1.71. The molecule has 1 aliphatic heterocycles. The van der Waals surface area contributed by atoms with Crippen molar-refractivity contribution in [3.05, 3.63) is 60.2 Å². The third-order valence-electron chi connectivity index (χ3n) is 2.86. The van der Waals surface area contributed by atoms with Crippen molar-refractivity contribution in [1.82, 2.24) is 0 Å². The van der Waals surface area contributed by atoms with Crippen LogP contribution in [0.4, 0.5) is 0 Å². The van der Waals surface area contributed by atoms with Crippen LogP contribution in [-0.2, 0) is 9.73 Å². The van der Waals surface area contributed by atoms with Crippen molar-refractivity contribution in [1.29, 1.82) is 5.26 Å². The van der Waals surface area contributed by atoms with Crippen molar-refractivity contribution in [2.24, 2.45) is 9.36 Å². The van der Waals surface area contributed by atoms with Gasteiger partial charge in [0.1, 0.15) is 9.73 Å². The second-order valence-electron chi connectivity index (χ2n) is 3.96. The molecule has 2 aromatic carbocycles. The number of hydrogen-bond acceptors (Lipinski definition) is 3. The van der Waals surface area contributed by atoms with Crippen LogP contribution in [-0.4, -0.2) is 10.0 Å². The van der Waals surface area contributed by atoms with Gasteiger partial charge in [0.2, 0.25) is 6.19 Å². The number of nitrogens with zero attached hydrogens (tertiary/aromatic N) is 3. The van der Waals surface area contributed by atoms with Gasteiger partial charge in [-0.2, -0.15) is 14.6 Å². The molecule has 0 N–H and O–H groups in total. The Morgan fingerprint density at radius 1 is 1.05 bits per heavy atom. The maximum absolute atomic E-state index is 13.1. The number of hydrogen-bond donors (Lipinski definition) is 0. The predicted octanol–water partition coefficient (Wildman–Crippen LogP) is 2.81. The Morgan fingerprint density at radius 2 is 1.74 bits per heavy atom. The van der Waals surface area contributed by atoms with E-state index in [1.807, 2.05) is 30.3 Å². The Morgan fingerprint density at radius 3 is 2.47 bits per heavy atom. The van der Waals surface area contributed by atoms with E-state index in [-0.39, 0.29) is 5.84 Å². The van der Waals surface area contributed by atoms with Crippen LogP contribution in [0, 0.1) is 11.5 Å². The van der Waals surface area contributed by atoms with Crippen molar-refractivity contribution >= 4 is 15.6 Å². The van der Waals surface area contributed by atoms with E-state index in [2.05, 4.69) is 9.36 Å². The lowest BCUT2D eigenvalue weighted by molar-refractivity contribution is 0.678. The van der Waals surface area contributed by atoms with E-state index < -0.39 is 9.73 Å². The number of fused-ring (bicyclic) bond motifs is 1. The molecule has 4 nitrogen and oxygen atoms in total. The van der Waals surface area contributed by atoms with Crippen molar-refractivity contribution in [2.75, 3.05) is 0 Å². The summed E-state index contributed by atoms with van der Waals surface area (Å²) in [5.41, 5.74) is 0.665. The van der Waals surface area contributed by atoms with Gasteiger partial charge in [0.25, 0.3) is 0 Å². The van der Waals surface area contributed by atoms with Crippen molar-refractivity contribution in [3.8, 4) is 6.19 Å². The molecule has 0 saturated heterocycles. The summed E-state index contributed by atoms with van der Waals surface area (Å²) in [6.45, 7) is 0. The van der Waals surface area contributed by atoms with Gasteiger partial charge in [-0.3, -0.25) is 0 Å². The van der Waals surface area contributed by atoms with Gasteiger partial charge < -0.3 is 0 Å². The average Bonchev–Trinajstić information content (AvgIpc) is 2.75. The van der Waals surface area contributed by atoms with E-state index in [9.17, 15) is 4.21 Å². The number of amidine groups is 1. The first kappa shape index (κ1) is 11.6. The Kier molecular flexibility index (Phi) is 2.65. The minimum absolute atomic E-state index is 0.243. The van der Waals surface area contributed by atoms with E-state index >= 15 is 0 Å². The van der Waals surface area contributed by atoms with Gasteiger partial charge in [-0.1, -0.05) is 30.3 Å². The lowest BCUT2D eigenvalue weighted by Gasteiger charge is -2.05. The smallest absolute Gasteiger partial charge is 0.207 e. The van der Waals surface area contributed by atoms with Gasteiger partial charge >= 0.3 is 0 Å². The van der Waals surface area contributed by atoms with Gasteiger partial charge in [-0.15, -0.1) is 0 Å². The highest BCUT2D eigenvalue weighted by Gasteiger charge is 2.28. The standard InChI is InChI=1S/C14H9N3OS/c15-10-16-14-12-8-4-5-9-13(12)19(18,17-14)11-6-2-1-3-7-11/h1-9H. The van der Waals surface area contributed by atoms with Crippen LogP contribution in [0.2, 0.25) is 0 Å². The van der Waals surface area contributed by atoms with Crippen molar-refractivity contribution in [3.63, 3.8) is 0 Å². The highest BCUT2D eigenvalue weighted by molar-refractivity contribution is 7.94. The number of rotatable bonds is 1. The zero-order valence-corrected chi connectivity index (χ0v) is 10.7. The molecule has 3 rings (SSSR count). The van der Waals surface area contributed by atoms with Crippen LogP contribution in [0.1, 0.15) is 5.56 Å². The molecule has 1 unspecified atom stereocenters. The van der Waals surface area contributed by atoms with Gasteiger partial charge in [-0.25, -0.2) is 4.21 Å². The lowest BCUT2D eigenvalue weighted by Crippen LogP contribution is -1.98. The molecule has 0 spiro atoms. The van der Waals surface area contributed by atoms with Crippen LogP contribution in [0.15, 0.2) is 73.7 Å². The van der Waals surface area contributed by atoms with Gasteiger partial charge in [0.05, 0.1) is 9.79 Å². The highest BCUT2D eigenvalue weighted by atomic mass is 32.2. The molecule has 5 heteroatoms. The lowest BCUT2D eigenvalue weighted by atomic mass is 10.2. The monoisotopic (exact) mass is 267 g/mol. The van der Waals surface area contributed by atoms with Gasteiger partial charge in [0.15, 0.2) is 5.84 Å². The molecular formula is C14H9N3OS. The molecule has 0 saturated carbocycles. The molecule has 1 heterocycles. The second-order valence-corrected chi connectivity index (χ2v) is 6.11. The molecule has 1 atom stereocenters. The molecule has 0 aliphatic carbocycles. The second kappa shape index (κ2) is 4.34. The zero-order chi connectivity index (χ0) is 13.3. The minimum atomic E-state index is -2.72. The Labute approximate surface area is 111 Å². The topological polar surface area (TPSA) is 65.6 Å². The third-order valence-corrected chi connectivity index (χ3v) is 5.15. The van der Waals surface area contributed by atoms with Crippen LogP contribution in [0.5, 0.6) is 0 Å². The molecule has 19 heavy (non-hydrogen) atoms. The minimum Gasteiger partial charge on any atom is -0.239 e. The number of nitriles is 1. The van der Waals surface area contributed by atoms with Crippen LogP contribution < -0.4 is 0 Å². The van der Waals surface area contributed by atoms with Crippen LogP contribution in [0.3, 0.4) is 0 Å². The molecule has 92 valence electrons. The first-order valence-electron chi connectivity index (χ1n) is 5.64. The Balaban J connectivity index is 2.36. The third kappa shape index (κ3) is 1.74. The average molecular weight is 267 g/mol. The quantitative estimate of drug-likeness (QED) is 0.746. The maximum atomic E-state index is 13.1. The maximum Gasteiger partial charge on any atom is 0.207 e. The van der Waals surface area contributed by atoms with Gasteiger partial charge in [-0.05, 0) is 24.3 Å². The summed E-state index contributed by atoms with van der Waals surface area (Å²) in [7, 11) is -2.72. The largest absolute Gasteiger partial charge is 0.239 e. The summed E-state index contributed by atoms with van der Waals surface area (Å²) in [5.74, 6) is 0.243. The molecule has 0 aromatic heterocycles. The fourth-order valence-corrected chi connectivity index (χ4v) is 4.11. The molecule has 0 fully saturated rings. The highest BCUT2D eigenvalue weighted by Crippen LogP contribution is 2.32. The van der Waals surface area contributed by atoms with Crippen molar-refractivity contribution < 1.29 is 4.21 Å². The van der Waals surface area contributed by atoms with E-state index in [0.29, 0.717) is 15.4 Å². The fourth-order valence-electron chi connectivity index (χ4n) is 2.03. The molecule has 1 aliphatic rings. The molecule has 2 aromatic rings. The van der Waals surface area contributed by atoms with Gasteiger partial charge in [0, 0.05) is 5.56 Å². The van der Waals surface area contributed by atoms with Crippen LogP contribution in [0.25, 0.3) is 0 Å². The normalized spacial score (nSPS) is 22.6. The first-order chi connectivity index (χ1) is 9.25. The Hall–Kier alpha value is -2.45. The fraction of sp³-hybridized carbons (Fsp3) is 0. The van der Waals surface area contributed by atoms with Crippen molar-refractivity contribution in [2.45, 2.75) is 9.79 Å². The number of aliphatic imine (C=N–C) groups is 1. The summed E-state index contributed by atoms with van der Waals surface area (Å²) in [5, 5.41) is 8.70. The predicted molar refractivity (Wildman–Crippen MR) is 72.1 cm³/mol. The van der Waals surface area contributed by atoms with E-state index in [0.717, 1.165) is 0 Å². The number of benzene rings is 2. The van der Waals surface area contributed by atoms with E-state index in [1.165, 1.54) is 0 Å². The Bertz CT molecular complexity index is 825. The SMILES string of the molecule is N#CN=C1N=S(=O)(c2ccccc2)c2ccccc21. The molecule has 0 amide bonds. The molecule has 0 bridgehead atoms. The zero-order valence-electron chi connectivity index (χ0n) is 9.85. The van der Waals surface area contributed by atoms with E-state index in [4.69, 9.17) is 5.26 Å². The first-order valence-corrected chi connectivity index (χ1v) is 7.15. The summed E-state index contributed by atoms with van der Waals surface area (Å²) in [6, 6.07) is 16.2. The summed E-state index contributed by atoms with van der Waals surface area (Å²) in [4.78, 5) is 4.91. The van der Waals surface area contributed by atoms with Crippen LogP contribution >= 0.6 is 0 Å². The molecular weight excluding hydrogens is 258 g/mol. The molecule has 0 radical (unpaired) electrons.